The fourth-order valence-corrected chi connectivity index (χ4v) is 3.92. The van der Waals surface area contributed by atoms with Crippen molar-refractivity contribution in [2.24, 2.45) is 0 Å². The van der Waals surface area contributed by atoms with Gasteiger partial charge >= 0.3 is 0 Å². The van der Waals surface area contributed by atoms with Crippen LogP contribution in [-0.4, -0.2) is 21.9 Å². The maximum atomic E-state index is 12.8. The van der Waals surface area contributed by atoms with Crippen LogP contribution < -0.4 is 4.90 Å². The van der Waals surface area contributed by atoms with Gasteiger partial charge in [-0.05, 0) is 42.5 Å². The molecule has 4 heteroatoms. The Balaban J connectivity index is 2.07. The minimum absolute atomic E-state index is 0.0941. The zero-order valence-electron chi connectivity index (χ0n) is 16.4. The molecule has 2 rings (SSSR count). The Labute approximate surface area is 159 Å². The average Bonchev–Trinajstić information content (AvgIpc) is 2.62. The predicted octanol–water partition coefficient (Wildman–Crippen LogP) is 4.67. The highest BCUT2D eigenvalue weighted by molar-refractivity contribution is 7.85. The molecule has 140 valence electrons. The van der Waals surface area contributed by atoms with E-state index < -0.39 is 16.0 Å². The average molecular weight is 372 g/mol. The van der Waals surface area contributed by atoms with Crippen molar-refractivity contribution in [3.8, 4) is 0 Å². The highest BCUT2D eigenvalue weighted by atomic mass is 32.2. The summed E-state index contributed by atoms with van der Waals surface area (Å²) >= 11 is 0. The number of amides is 1. The van der Waals surface area contributed by atoms with Gasteiger partial charge in [-0.2, -0.15) is 0 Å². The van der Waals surface area contributed by atoms with Crippen molar-refractivity contribution in [1.29, 1.82) is 0 Å². The first-order chi connectivity index (χ1) is 12.2. The second kappa shape index (κ2) is 8.63. The van der Waals surface area contributed by atoms with Crippen molar-refractivity contribution >= 4 is 22.4 Å². The van der Waals surface area contributed by atoms with Gasteiger partial charge in [0.1, 0.15) is 5.25 Å². The summed E-state index contributed by atoms with van der Waals surface area (Å²) in [5.74, 6) is 0.298. The van der Waals surface area contributed by atoms with Crippen LogP contribution in [0.3, 0.4) is 0 Å². The van der Waals surface area contributed by atoms with E-state index in [1.165, 1.54) is 5.56 Å². The fraction of sp³-hybridized carbons (Fsp3) is 0.409. The molecule has 0 N–H and O–H groups in total. The van der Waals surface area contributed by atoms with Crippen LogP contribution in [-0.2, 0) is 26.8 Å². The van der Waals surface area contributed by atoms with Crippen LogP contribution in [0.5, 0.6) is 0 Å². The zero-order chi connectivity index (χ0) is 19.3. The molecule has 0 radical (unpaired) electrons. The summed E-state index contributed by atoms with van der Waals surface area (Å²) in [4.78, 5) is 14.5. The summed E-state index contributed by atoms with van der Waals surface area (Å²) in [6, 6.07) is 17.8. The summed E-state index contributed by atoms with van der Waals surface area (Å²) in [5, 5.41) is -0.544. The van der Waals surface area contributed by atoms with E-state index in [1.807, 2.05) is 49.4 Å². The number of hydrogen-bond acceptors (Lipinski definition) is 2. The fourth-order valence-electron chi connectivity index (χ4n) is 2.80. The topological polar surface area (TPSA) is 37.4 Å². The first kappa shape index (κ1) is 20.4. The van der Waals surface area contributed by atoms with Gasteiger partial charge in [0, 0.05) is 28.8 Å². The highest BCUT2D eigenvalue weighted by Crippen LogP contribution is 2.23. The summed E-state index contributed by atoms with van der Waals surface area (Å²) < 4.78 is 12.8. The van der Waals surface area contributed by atoms with Gasteiger partial charge < -0.3 is 4.90 Å². The lowest BCUT2D eigenvalue weighted by Crippen LogP contribution is -2.40. The third-order valence-corrected chi connectivity index (χ3v) is 6.13. The molecule has 0 bridgehead atoms. The van der Waals surface area contributed by atoms with E-state index in [2.05, 4.69) is 32.9 Å². The lowest BCUT2D eigenvalue weighted by Gasteiger charge is -2.24. The first-order valence-corrected chi connectivity index (χ1v) is 10.4. The Kier molecular flexibility index (Phi) is 6.76. The predicted molar refractivity (Wildman–Crippen MR) is 111 cm³/mol. The smallest absolute Gasteiger partial charge is 0.242 e. The van der Waals surface area contributed by atoms with Gasteiger partial charge in [0.25, 0.3) is 0 Å². The molecule has 2 atom stereocenters. The van der Waals surface area contributed by atoms with Crippen molar-refractivity contribution in [1.82, 2.24) is 0 Å². The molecule has 0 aliphatic carbocycles. The largest absolute Gasteiger partial charge is 0.312 e. The van der Waals surface area contributed by atoms with Crippen LogP contribution in [0.2, 0.25) is 0 Å². The van der Waals surface area contributed by atoms with Gasteiger partial charge in [-0.15, -0.1) is 0 Å². The number of carbonyl (C=O) groups is 1. The molecule has 0 heterocycles. The van der Waals surface area contributed by atoms with Crippen LogP contribution >= 0.6 is 0 Å². The molecular formula is C22H29NO2S. The van der Waals surface area contributed by atoms with E-state index in [4.69, 9.17) is 0 Å². The number of nitrogens with zero attached hydrogens (tertiary/aromatic N) is 1. The van der Waals surface area contributed by atoms with Gasteiger partial charge in [0.2, 0.25) is 5.91 Å². The van der Waals surface area contributed by atoms with Gasteiger partial charge in [-0.3, -0.25) is 9.00 Å². The molecule has 0 fully saturated rings. The van der Waals surface area contributed by atoms with E-state index >= 15 is 0 Å². The van der Waals surface area contributed by atoms with Crippen LogP contribution in [0.15, 0.2) is 54.6 Å². The number of carbonyl (C=O) groups excluding carboxylic acids is 1. The Hall–Kier alpha value is -1.94. The molecular weight excluding hydrogens is 342 g/mol. The maximum Gasteiger partial charge on any atom is 0.242 e. The van der Waals surface area contributed by atoms with Gasteiger partial charge in [0.15, 0.2) is 0 Å². The number of hydrogen-bond donors (Lipinski definition) is 0. The molecule has 0 aromatic heterocycles. The molecule has 0 aliphatic heterocycles. The number of benzene rings is 2. The van der Waals surface area contributed by atoms with E-state index in [9.17, 15) is 9.00 Å². The van der Waals surface area contributed by atoms with E-state index in [0.717, 1.165) is 11.3 Å². The molecule has 0 saturated carbocycles. The summed E-state index contributed by atoms with van der Waals surface area (Å²) in [6.07, 6.45) is 0. The minimum atomic E-state index is -1.26. The normalized spacial score (nSPS) is 13.9. The van der Waals surface area contributed by atoms with Crippen LogP contribution in [0.25, 0.3) is 0 Å². The van der Waals surface area contributed by atoms with Crippen molar-refractivity contribution in [3.05, 3.63) is 65.7 Å². The van der Waals surface area contributed by atoms with Crippen molar-refractivity contribution in [2.45, 2.75) is 51.0 Å². The monoisotopic (exact) mass is 371 g/mol. The van der Waals surface area contributed by atoms with Crippen molar-refractivity contribution in [2.75, 3.05) is 11.4 Å². The Morgan fingerprint density at radius 2 is 1.62 bits per heavy atom. The van der Waals surface area contributed by atoms with Crippen LogP contribution in [0.1, 0.15) is 45.7 Å². The van der Waals surface area contributed by atoms with E-state index in [-0.39, 0.29) is 11.3 Å². The SMILES string of the molecule is CCN(C(=O)C(C)S(=O)Cc1ccc(C(C)(C)C)cc1)c1ccccc1. The lowest BCUT2D eigenvalue weighted by atomic mass is 9.87. The molecule has 2 aromatic rings. The highest BCUT2D eigenvalue weighted by Gasteiger charge is 2.25. The third-order valence-electron chi connectivity index (χ3n) is 4.52. The third kappa shape index (κ3) is 5.04. The summed E-state index contributed by atoms with van der Waals surface area (Å²) in [6.45, 7) is 10.8. The maximum absolute atomic E-state index is 12.8. The minimum Gasteiger partial charge on any atom is -0.312 e. The molecule has 2 aromatic carbocycles. The van der Waals surface area contributed by atoms with Gasteiger partial charge in [0.05, 0.1) is 0 Å². The Bertz CT molecular complexity index is 748. The molecule has 0 spiro atoms. The molecule has 2 unspecified atom stereocenters. The van der Waals surface area contributed by atoms with Crippen LogP contribution in [0.4, 0.5) is 5.69 Å². The van der Waals surface area contributed by atoms with E-state index in [0.29, 0.717) is 12.3 Å². The van der Waals surface area contributed by atoms with Crippen LogP contribution in [0, 0.1) is 0 Å². The number of para-hydroxylation sites is 1. The standard InChI is InChI=1S/C22H29NO2S/c1-6-23(20-10-8-7-9-11-20)21(24)17(2)26(25)16-18-12-14-19(15-13-18)22(3,4)5/h7-15,17H,6,16H2,1-5H3. The van der Waals surface area contributed by atoms with Gasteiger partial charge in [-0.25, -0.2) is 0 Å². The number of anilines is 1. The molecule has 0 aliphatic rings. The summed E-state index contributed by atoms with van der Waals surface area (Å²) in [5.41, 5.74) is 3.19. The quantitative estimate of drug-likeness (QED) is 0.740. The molecule has 3 nitrogen and oxygen atoms in total. The lowest BCUT2D eigenvalue weighted by molar-refractivity contribution is -0.117. The van der Waals surface area contributed by atoms with Crippen molar-refractivity contribution < 1.29 is 9.00 Å². The first-order valence-electron chi connectivity index (χ1n) is 9.07. The number of rotatable bonds is 6. The van der Waals surface area contributed by atoms with Gasteiger partial charge in [-0.1, -0.05) is 63.2 Å². The van der Waals surface area contributed by atoms with Crippen molar-refractivity contribution in [3.63, 3.8) is 0 Å². The molecule has 26 heavy (non-hydrogen) atoms. The molecule has 0 saturated heterocycles. The summed E-state index contributed by atoms with van der Waals surface area (Å²) in [7, 11) is -1.26. The Morgan fingerprint density at radius 1 is 1.04 bits per heavy atom. The molecule has 1 amide bonds. The zero-order valence-corrected chi connectivity index (χ0v) is 17.2. The second-order valence-electron chi connectivity index (χ2n) is 7.53. The second-order valence-corrected chi connectivity index (χ2v) is 9.29. The van der Waals surface area contributed by atoms with E-state index in [1.54, 1.807) is 11.8 Å². The Morgan fingerprint density at radius 3 is 2.12 bits per heavy atom.